The van der Waals surface area contributed by atoms with Gasteiger partial charge < -0.3 is 65.2 Å². The average molecular weight is 1390 g/mol. The number of piperazine rings is 1. The molecular formula is C72H123N13O12S. The lowest BCUT2D eigenvalue weighted by atomic mass is 9.93. The van der Waals surface area contributed by atoms with Crippen molar-refractivity contribution < 1.29 is 57.5 Å². The molecule has 3 aliphatic rings. The molecule has 0 radical (unpaired) electrons. The fourth-order valence-electron chi connectivity index (χ4n) is 13.2. The highest BCUT2D eigenvalue weighted by molar-refractivity contribution is 7.99. The molecule has 3 fully saturated rings. The molecule has 4 rings (SSSR count). The van der Waals surface area contributed by atoms with Crippen molar-refractivity contribution in [3.05, 3.63) is 29.8 Å². The van der Waals surface area contributed by atoms with E-state index in [9.17, 15) is 33.6 Å². The lowest BCUT2D eigenvalue weighted by molar-refractivity contribution is -0.157. The molecule has 26 heteroatoms. The summed E-state index contributed by atoms with van der Waals surface area (Å²) in [5, 5.41) is 11.3. The second kappa shape index (κ2) is 37.9. The van der Waals surface area contributed by atoms with E-state index in [1.54, 1.807) is 34.6 Å². The number of hydrogen-bond donors (Lipinski definition) is 4. The van der Waals surface area contributed by atoms with E-state index in [2.05, 4.69) is 62.4 Å². The van der Waals surface area contributed by atoms with Crippen molar-refractivity contribution in [2.45, 2.75) is 233 Å². The predicted molar refractivity (Wildman–Crippen MR) is 381 cm³/mol. The van der Waals surface area contributed by atoms with Crippen LogP contribution in [-0.2, 0) is 64.0 Å². The van der Waals surface area contributed by atoms with E-state index in [1.807, 2.05) is 62.3 Å². The van der Waals surface area contributed by atoms with Crippen LogP contribution in [-0.4, -0.2) is 270 Å². The van der Waals surface area contributed by atoms with Crippen LogP contribution in [0.4, 0.5) is 0 Å². The molecule has 3 aliphatic heterocycles. The minimum atomic E-state index is -1.37. The van der Waals surface area contributed by atoms with Crippen LogP contribution >= 0.6 is 11.8 Å². The van der Waals surface area contributed by atoms with Crippen molar-refractivity contribution >= 4 is 76.7 Å². The first-order valence-electron chi connectivity index (χ1n) is 35.5. The zero-order valence-corrected chi connectivity index (χ0v) is 64.4. The number of hydrogen-bond acceptors (Lipinski definition) is 15. The summed E-state index contributed by atoms with van der Waals surface area (Å²) in [6.45, 7) is 33.0. The molecule has 25 nitrogen and oxygen atoms in total. The molecule has 13 atom stereocenters. The number of carbonyl (C=O) groups excluding carboxylic acids is 11. The highest BCUT2D eigenvalue weighted by Gasteiger charge is 2.49. The van der Waals surface area contributed by atoms with E-state index in [4.69, 9.17) is 4.74 Å². The summed E-state index contributed by atoms with van der Waals surface area (Å²) in [7, 11) is 12.4. The number of ether oxygens (including phenoxy) is 1. The number of thioether (sulfide) groups is 1. The molecule has 4 N–H and O–H groups in total. The van der Waals surface area contributed by atoms with Gasteiger partial charge in [0.05, 0.1) is 12.6 Å². The van der Waals surface area contributed by atoms with Crippen molar-refractivity contribution in [1.29, 1.82) is 0 Å². The number of benzene rings is 1. The molecule has 0 saturated carbocycles. The maximum absolute atomic E-state index is 15.7. The van der Waals surface area contributed by atoms with Gasteiger partial charge in [0.2, 0.25) is 65.0 Å². The maximum atomic E-state index is 15.7. The quantitative estimate of drug-likeness (QED) is 0.176. The number of carbonyl (C=O) groups is 11. The Kier molecular flexibility index (Phi) is 32.5. The minimum absolute atomic E-state index is 0.0647. The van der Waals surface area contributed by atoms with E-state index in [1.165, 1.54) is 115 Å². The average Bonchev–Trinajstić information content (AvgIpc) is 1.40. The van der Waals surface area contributed by atoms with Crippen LogP contribution in [0.5, 0.6) is 0 Å². The van der Waals surface area contributed by atoms with Gasteiger partial charge in [0.1, 0.15) is 65.9 Å². The standard InChI is InChI=1S/C72H123N13O12S/c1-25-52-68(92)78(18)40-57(86)79(19)53(34-41(2)3)65(89)76-59(45(10)11)71(95)80(20)54(35-42(4)5)64(88)73-48(15)63(87)74-49(16)67(91)81(21)55(36-43(6)7)69(93)82(22)56(37-44(8)9)70(94)83(23)60(46(12)13)72(96)84(24)61(66(90)75-52)62-47(14)38-58(97-62)98-51-28-26-50(27-29-51)39-85-32-30-77(17)31-33-85/h26-29,41-49,52-56,58-62H,25,30-40H2,1-24H3,(H,73,88)(H,74,87)(H,75,90)(H,76,89)/t47-,48+,49-,52+,53+,54+,55+,56+,58+,59+,60+,61+,62-/m1/s1. The minimum Gasteiger partial charge on any atom is -0.361 e. The number of likely N-dealkylation sites (N-methyl/N-ethyl adjacent to an activating group) is 8. The van der Waals surface area contributed by atoms with Crippen LogP contribution in [0.3, 0.4) is 0 Å². The van der Waals surface area contributed by atoms with Gasteiger partial charge in [-0.2, -0.15) is 0 Å². The van der Waals surface area contributed by atoms with Crippen LogP contribution in [0.2, 0.25) is 0 Å². The van der Waals surface area contributed by atoms with Gasteiger partial charge in [-0.05, 0) is 119 Å². The summed E-state index contributed by atoms with van der Waals surface area (Å²) in [4.78, 5) is 178. The van der Waals surface area contributed by atoms with Crippen LogP contribution < -0.4 is 21.3 Å². The topological polar surface area (TPSA) is 274 Å². The summed E-state index contributed by atoms with van der Waals surface area (Å²) < 4.78 is 6.88. The molecule has 1 aromatic rings. The molecule has 0 unspecified atom stereocenters. The SMILES string of the molecule is CC[C@@H]1NC(=O)[C@H]([C@@H]2O[C@@H](Sc3ccc(CN4CCN(C)CC4)cc3)C[C@H]2C)N(C)C(=O)[C@H](C(C)C)N(C)C(=O)[C@H](CC(C)C)N(C)C(=O)[C@H](CC(C)C)N(C)C(=O)[C@@H](C)NC(=O)[C@H](C)NC(=O)[C@H](CC(C)C)N(C)C(=O)[C@H](C(C)C)NC(=O)[C@H](CC(C)C)N(C)C(=O)CN(C)C1=O. The zero-order valence-electron chi connectivity index (χ0n) is 63.6. The summed E-state index contributed by atoms with van der Waals surface area (Å²) in [5.74, 6) is -8.91. The molecule has 3 saturated heterocycles. The second-order valence-electron chi connectivity index (χ2n) is 30.4. The first-order valence-corrected chi connectivity index (χ1v) is 36.4. The van der Waals surface area contributed by atoms with E-state index in [0.29, 0.717) is 6.42 Å². The Labute approximate surface area is 590 Å². The first kappa shape index (κ1) is 84.0. The van der Waals surface area contributed by atoms with Crippen LogP contribution in [0.1, 0.15) is 155 Å². The third kappa shape index (κ3) is 22.8. The molecule has 3 heterocycles. The van der Waals surface area contributed by atoms with Crippen molar-refractivity contribution in [2.24, 2.45) is 41.4 Å². The van der Waals surface area contributed by atoms with Crippen LogP contribution in [0.15, 0.2) is 29.2 Å². The Hall–Kier alpha value is -6.38. The first-order chi connectivity index (χ1) is 45.6. The molecular weight excluding hydrogens is 1270 g/mol. The molecule has 0 bridgehead atoms. The van der Waals surface area contributed by atoms with Gasteiger partial charge in [0, 0.05) is 87.0 Å². The molecule has 554 valence electrons. The van der Waals surface area contributed by atoms with Crippen molar-refractivity contribution in [3.8, 4) is 0 Å². The number of nitrogens with zero attached hydrogens (tertiary/aromatic N) is 9. The number of nitrogens with one attached hydrogen (secondary N) is 4. The third-order valence-electron chi connectivity index (χ3n) is 19.4. The fraction of sp³-hybridized carbons (Fsp3) is 0.764. The molecule has 0 aromatic heterocycles. The largest absolute Gasteiger partial charge is 0.361 e. The second-order valence-corrected chi connectivity index (χ2v) is 31.6. The van der Waals surface area contributed by atoms with E-state index in [0.717, 1.165) is 37.6 Å². The monoisotopic (exact) mass is 1390 g/mol. The van der Waals surface area contributed by atoms with Gasteiger partial charge in [-0.15, -0.1) is 0 Å². The van der Waals surface area contributed by atoms with E-state index < -0.39 is 155 Å². The Morgan fingerprint density at radius 2 is 0.949 bits per heavy atom. The lowest BCUT2D eigenvalue weighted by Crippen LogP contribution is -2.63. The maximum Gasteiger partial charge on any atom is 0.246 e. The van der Waals surface area contributed by atoms with E-state index >= 15 is 19.2 Å². The predicted octanol–water partition coefficient (Wildman–Crippen LogP) is 4.60. The lowest BCUT2D eigenvalue weighted by Gasteiger charge is -2.41. The smallest absolute Gasteiger partial charge is 0.246 e. The Morgan fingerprint density at radius 3 is 1.45 bits per heavy atom. The Balaban J connectivity index is 1.88. The van der Waals surface area contributed by atoms with Gasteiger partial charge in [0.15, 0.2) is 0 Å². The van der Waals surface area contributed by atoms with Gasteiger partial charge in [-0.1, -0.05) is 121 Å². The molecule has 0 aliphatic carbocycles. The number of amides is 11. The van der Waals surface area contributed by atoms with Crippen molar-refractivity contribution in [2.75, 3.05) is 89.1 Å². The van der Waals surface area contributed by atoms with Crippen LogP contribution in [0.25, 0.3) is 0 Å². The molecule has 11 amide bonds. The van der Waals surface area contributed by atoms with Crippen molar-refractivity contribution in [1.82, 2.24) is 65.4 Å². The van der Waals surface area contributed by atoms with E-state index in [-0.39, 0.29) is 61.7 Å². The summed E-state index contributed by atoms with van der Waals surface area (Å²) in [6, 6.07) is -3.61. The zero-order chi connectivity index (χ0) is 74.2. The Morgan fingerprint density at radius 1 is 0.480 bits per heavy atom. The summed E-state index contributed by atoms with van der Waals surface area (Å²) in [6.07, 6.45) is 0.292. The highest BCUT2D eigenvalue weighted by Crippen LogP contribution is 2.40. The van der Waals surface area contributed by atoms with Crippen LogP contribution in [0, 0.1) is 41.4 Å². The summed E-state index contributed by atoms with van der Waals surface area (Å²) in [5.41, 5.74) is 0.728. The van der Waals surface area contributed by atoms with Crippen molar-refractivity contribution in [3.63, 3.8) is 0 Å². The fourth-order valence-corrected chi connectivity index (χ4v) is 14.4. The van der Waals surface area contributed by atoms with Gasteiger partial charge in [-0.3, -0.25) is 57.6 Å². The molecule has 0 spiro atoms. The van der Waals surface area contributed by atoms with Gasteiger partial charge in [0.25, 0.3) is 0 Å². The highest BCUT2D eigenvalue weighted by atomic mass is 32.2. The van der Waals surface area contributed by atoms with Gasteiger partial charge >= 0.3 is 0 Å². The third-order valence-corrected chi connectivity index (χ3v) is 20.5. The molecule has 98 heavy (non-hydrogen) atoms. The Bertz CT molecular complexity index is 2890. The van der Waals surface area contributed by atoms with Gasteiger partial charge in [-0.25, -0.2) is 0 Å². The summed E-state index contributed by atoms with van der Waals surface area (Å²) >= 11 is 1.51. The molecule has 1 aromatic carbocycles. The normalized spacial score (nSPS) is 28.6. The number of rotatable bonds is 16.